The fourth-order valence-corrected chi connectivity index (χ4v) is 4.32. The first kappa shape index (κ1) is 40.5. The largest absolute Gasteiger partial charge is 1.00 e. The Morgan fingerprint density at radius 2 is 1.30 bits per heavy atom. The Hall–Kier alpha value is -1.59. The van der Waals surface area contributed by atoms with Gasteiger partial charge in [0.15, 0.2) is 23.5 Å². The first-order valence-corrected chi connectivity index (χ1v) is 19.7. The molecule has 2 aromatic rings. The summed E-state index contributed by atoms with van der Waals surface area (Å²) in [4.78, 5) is 41.4. The standard InChI is InChI=1S/C12H22N2O4Si.C12H20N2O4Si.B.Na.H/c2*1-17-12(16)10-7-14(11(8-15)13-10)9-18-5-6-19(2,3)4;;;/h7,15H,5-6,8-9H2,1-4H3;7-8H,5-6,9H2,1-4H3;;;/q;;;+1;-1. The van der Waals surface area contributed by atoms with Crippen LogP contribution in [0, 0.1) is 0 Å². The third-order valence-electron chi connectivity index (χ3n) is 5.16. The van der Waals surface area contributed by atoms with Gasteiger partial charge in [-0.2, -0.15) is 0 Å². The predicted octanol–water partition coefficient (Wildman–Crippen LogP) is 0.00450. The van der Waals surface area contributed by atoms with Crippen LogP contribution < -0.4 is 29.6 Å². The van der Waals surface area contributed by atoms with Gasteiger partial charge in [-0.15, -0.1) is 0 Å². The van der Waals surface area contributed by atoms with E-state index in [1.165, 1.54) is 31.2 Å². The van der Waals surface area contributed by atoms with Crippen LogP contribution >= 0.6 is 0 Å². The molecule has 16 heteroatoms. The van der Waals surface area contributed by atoms with Crippen molar-refractivity contribution < 1.29 is 69.4 Å². The van der Waals surface area contributed by atoms with Crippen LogP contribution in [0.5, 0.6) is 0 Å². The van der Waals surface area contributed by atoms with Gasteiger partial charge in [-0.25, -0.2) is 19.6 Å². The molecule has 0 saturated carbocycles. The summed E-state index contributed by atoms with van der Waals surface area (Å²) in [6.07, 6.45) is 3.59. The van der Waals surface area contributed by atoms with Crippen molar-refractivity contribution in [1.82, 2.24) is 19.1 Å². The summed E-state index contributed by atoms with van der Waals surface area (Å²) in [6, 6.07) is 2.11. The Morgan fingerprint density at radius 1 is 0.875 bits per heavy atom. The van der Waals surface area contributed by atoms with E-state index in [9.17, 15) is 19.5 Å². The maximum atomic E-state index is 11.3. The molecule has 2 aromatic heterocycles. The average molecular weight is 606 g/mol. The van der Waals surface area contributed by atoms with Crippen LogP contribution in [0.1, 0.15) is 38.8 Å². The van der Waals surface area contributed by atoms with Gasteiger partial charge in [0.2, 0.25) is 0 Å². The van der Waals surface area contributed by atoms with Crippen molar-refractivity contribution in [3.05, 3.63) is 35.4 Å². The third kappa shape index (κ3) is 15.4. The molecule has 1 N–H and O–H groups in total. The molecule has 0 bridgehead atoms. The topological polar surface area (TPSA) is 144 Å². The normalized spacial score (nSPS) is 10.9. The Bertz CT molecular complexity index is 1060. The summed E-state index contributed by atoms with van der Waals surface area (Å²) in [6.45, 7) is 15.2. The molecule has 219 valence electrons. The molecular weight excluding hydrogens is 562 g/mol. The van der Waals surface area contributed by atoms with E-state index < -0.39 is 28.1 Å². The number of carbonyl (C=O) groups excluding carboxylic acids is 3. The molecule has 2 heterocycles. The number of ether oxygens (including phenoxy) is 4. The number of nitrogens with zero attached hydrogens (tertiary/aromatic N) is 4. The zero-order chi connectivity index (χ0) is 28.9. The summed E-state index contributed by atoms with van der Waals surface area (Å²) >= 11 is 0. The van der Waals surface area contributed by atoms with Crippen molar-refractivity contribution in [3.63, 3.8) is 0 Å². The summed E-state index contributed by atoms with van der Waals surface area (Å²) < 4.78 is 23.3. The molecule has 0 atom stereocenters. The summed E-state index contributed by atoms with van der Waals surface area (Å²) in [5, 5.41) is 9.19. The summed E-state index contributed by atoms with van der Waals surface area (Å²) in [5.74, 6) is -0.527. The maximum absolute atomic E-state index is 11.3. The maximum Gasteiger partial charge on any atom is 1.00 e. The first-order chi connectivity index (χ1) is 17.7. The number of aromatic nitrogens is 4. The Morgan fingerprint density at radius 3 is 1.70 bits per heavy atom. The van der Waals surface area contributed by atoms with Crippen molar-refractivity contribution in [2.75, 3.05) is 27.4 Å². The summed E-state index contributed by atoms with van der Waals surface area (Å²) in [7, 11) is 0.328. The van der Waals surface area contributed by atoms with Crippen LogP contribution in [0.25, 0.3) is 0 Å². The molecule has 0 amide bonds. The molecule has 0 unspecified atom stereocenters. The van der Waals surface area contributed by atoms with Crippen LogP contribution in [0.15, 0.2) is 12.4 Å². The number of carbonyl (C=O) groups is 3. The fraction of sp³-hybridized carbons (Fsp3) is 0.625. The monoisotopic (exact) mass is 605 g/mol. The fourth-order valence-electron chi connectivity index (χ4n) is 2.81. The van der Waals surface area contributed by atoms with Gasteiger partial charge in [0.1, 0.15) is 25.9 Å². The van der Waals surface area contributed by atoms with Gasteiger partial charge >= 0.3 is 41.5 Å². The van der Waals surface area contributed by atoms with E-state index in [0.29, 0.717) is 25.3 Å². The van der Waals surface area contributed by atoms with E-state index in [0.717, 1.165) is 12.1 Å². The van der Waals surface area contributed by atoms with Gasteiger partial charge in [0.25, 0.3) is 0 Å². The minimum Gasteiger partial charge on any atom is -1.00 e. The van der Waals surface area contributed by atoms with E-state index in [4.69, 9.17) is 9.47 Å². The van der Waals surface area contributed by atoms with Crippen molar-refractivity contribution in [2.45, 2.75) is 71.4 Å². The summed E-state index contributed by atoms with van der Waals surface area (Å²) in [5.41, 5.74) is 0.291. The zero-order valence-electron chi connectivity index (χ0n) is 26.4. The number of aliphatic hydroxyl groups is 1. The molecule has 0 saturated heterocycles. The van der Waals surface area contributed by atoms with Gasteiger partial charge in [-0.05, 0) is 12.1 Å². The number of rotatable bonds is 14. The average Bonchev–Trinajstić information content (AvgIpc) is 3.46. The molecule has 2 rings (SSSR count). The van der Waals surface area contributed by atoms with Crippen LogP contribution in [-0.2, 0) is 39.0 Å². The predicted molar refractivity (Wildman–Crippen MR) is 154 cm³/mol. The second-order valence-corrected chi connectivity index (χ2v) is 22.2. The number of esters is 2. The SMILES string of the molecule is COC(=O)c1cn(COCC[Si](C)(C)C)c(C=O)n1.COC(=O)c1cn(COCC[Si](C)(C)C)c(CO)n1.[B].[H-].[Na+]. The molecule has 0 aromatic carbocycles. The molecular formula is C24H43BN4NaO8Si2. The van der Waals surface area contributed by atoms with Crippen LogP contribution in [0.3, 0.4) is 0 Å². The minimum atomic E-state index is -1.13. The molecule has 12 nitrogen and oxygen atoms in total. The van der Waals surface area contributed by atoms with Crippen molar-refractivity contribution in [2.24, 2.45) is 0 Å². The molecule has 40 heavy (non-hydrogen) atoms. The molecule has 3 radical (unpaired) electrons. The van der Waals surface area contributed by atoms with E-state index >= 15 is 0 Å². The van der Waals surface area contributed by atoms with Gasteiger partial charge in [-0.3, -0.25) is 4.79 Å². The third-order valence-corrected chi connectivity index (χ3v) is 8.56. The second kappa shape index (κ2) is 19.5. The van der Waals surface area contributed by atoms with Crippen LogP contribution in [0.4, 0.5) is 0 Å². The number of hydrogen-bond acceptors (Lipinski definition) is 10. The van der Waals surface area contributed by atoms with Crippen molar-refractivity contribution in [1.29, 1.82) is 0 Å². The Balaban J connectivity index is -0.000000656. The smallest absolute Gasteiger partial charge is 1.00 e. The van der Waals surface area contributed by atoms with Crippen molar-refractivity contribution in [3.8, 4) is 0 Å². The number of imidazole rings is 2. The number of hydrogen-bond donors (Lipinski definition) is 1. The quantitative estimate of drug-likeness (QED) is 0.135. The van der Waals surface area contributed by atoms with E-state index in [-0.39, 0.29) is 76.7 Å². The molecule has 0 spiro atoms. The van der Waals surface area contributed by atoms with Crippen molar-refractivity contribution >= 4 is 42.8 Å². The van der Waals surface area contributed by atoms with E-state index in [1.807, 2.05) is 0 Å². The minimum absolute atomic E-state index is 0. The van der Waals surface area contributed by atoms with E-state index in [2.05, 4.69) is 58.7 Å². The first-order valence-electron chi connectivity index (χ1n) is 12.3. The second-order valence-electron chi connectivity index (χ2n) is 10.9. The van der Waals surface area contributed by atoms with Gasteiger partial charge in [0.05, 0.1) is 14.2 Å². The molecule has 0 aliphatic heterocycles. The van der Waals surface area contributed by atoms with Gasteiger partial charge in [-0.1, -0.05) is 39.3 Å². The number of aldehydes is 1. The molecule has 0 aliphatic carbocycles. The Labute approximate surface area is 264 Å². The molecule has 0 fully saturated rings. The number of aliphatic hydroxyl groups excluding tert-OH is 1. The number of methoxy groups -OCH3 is 2. The van der Waals surface area contributed by atoms with Crippen LogP contribution in [-0.4, -0.2) is 94.4 Å². The Kier molecular flexibility index (Phi) is 19.8. The molecule has 0 aliphatic rings. The van der Waals surface area contributed by atoms with E-state index in [1.54, 1.807) is 4.57 Å². The zero-order valence-corrected chi connectivity index (χ0v) is 29.4. The van der Waals surface area contributed by atoms with Gasteiger partial charge in [0, 0.05) is 50.2 Å². The van der Waals surface area contributed by atoms with Gasteiger partial charge < -0.3 is 34.6 Å². The van der Waals surface area contributed by atoms with Crippen LogP contribution in [0.2, 0.25) is 51.4 Å².